The Morgan fingerprint density at radius 1 is 0.900 bits per heavy atom. The second kappa shape index (κ2) is 11.1. The zero-order chi connectivity index (χ0) is 28.0. The summed E-state index contributed by atoms with van der Waals surface area (Å²) in [7, 11) is 0. The van der Waals surface area contributed by atoms with E-state index in [4.69, 9.17) is 11.6 Å². The maximum absolute atomic E-state index is 14.7. The van der Waals surface area contributed by atoms with Gasteiger partial charge in [0.25, 0.3) is 0 Å². The summed E-state index contributed by atoms with van der Waals surface area (Å²) >= 11 is 7.87. The number of hydrogen-bond acceptors (Lipinski definition) is 5. The van der Waals surface area contributed by atoms with E-state index in [9.17, 15) is 14.4 Å². The van der Waals surface area contributed by atoms with Gasteiger partial charge >= 0.3 is 0 Å². The number of Topliss-reactive ketones (excluding diaryl/α,β-unsaturated/α-hetero) is 1. The molecule has 2 amide bonds. The lowest BCUT2D eigenvalue weighted by Crippen LogP contribution is -2.55. The molecular weight excluding hydrogens is 542 g/mol. The molecule has 0 bridgehead atoms. The normalized spacial score (nSPS) is 24.8. The molecule has 40 heavy (non-hydrogen) atoms. The van der Waals surface area contributed by atoms with Crippen LogP contribution in [0.25, 0.3) is 0 Å². The third-order valence-electron chi connectivity index (χ3n) is 8.66. The quantitative estimate of drug-likeness (QED) is 0.400. The minimum atomic E-state index is -0.762. The number of amides is 2. The minimum Gasteiger partial charge on any atom is -0.338 e. The van der Waals surface area contributed by atoms with Crippen molar-refractivity contribution in [3.05, 3.63) is 92.1 Å². The standard InChI is InChI=1S/C32H34ClN3O3S/c1-19-5-3-4-6-24(19)29(37)25-26(30-20(2)13-18-40-30)28(32(39)35-16-14-34-15-17-35)36(31(38)22-7-8-22)27(25)21-9-11-23(33)12-10-21/h3-6,9-13,18,22,25-28,34H,7-8,14-17H2,1-2H3. The van der Waals surface area contributed by atoms with Gasteiger partial charge in [0.15, 0.2) is 5.78 Å². The highest BCUT2D eigenvalue weighted by Gasteiger charge is 2.60. The Balaban J connectivity index is 1.58. The maximum atomic E-state index is 14.7. The lowest BCUT2D eigenvalue weighted by molar-refractivity contribution is -0.147. The van der Waals surface area contributed by atoms with Crippen molar-refractivity contribution >= 4 is 40.5 Å². The number of piperazine rings is 1. The topological polar surface area (TPSA) is 69.7 Å². The van der Waals surface area contributed by atoms with Crippen LogP contribution in [0.2, 0.25) is 5.02 Å². The summed E-state index contributed by atoms with van der Waals surface area (Å²) < 4.78 is 0. The monoisotopic (exact) mass is 575 g/mol. The first kappa shape index (κ1) is 27.2. The number of nitrogens with zero attached hydrogens (tertiary/aromatic N) is 2. The molecule has 0 radical (unpaired) electrons. The van der Waals surface area contributed by atoms with Gasteiger partial charge in [0.1, 0.15) is 6.04 Å². The van der Waals surface area contributed by atoms with Crippen LogP contribution < -0.4 is 5.32 Å². The Labute approximate surface area is 244 Å². The van der Waals surface area contributed by atoms with E-state index in [0.29, 0.717) is 36.8 Å². The minimum absolute atomic E-state index is 0.0206. The molecule has 4 unspecified atom stereocenters. The lowest BCUT2D eigenvalue weighted by Gasteiger charge is -2.36. The number of benzene rings is 2. The average molecular weight is 576 g/mol. The zero-order valence-electron chi connectivity index (χ0n) is 22.8. The fraction of sp³-hybridized carbons (Fsp3) is 0.406. The van der Waals surface area contributed by atoms with Crippen molar-refractivity contribution in [2.75, 3.05) is 26.2 Å². The number of hydrogen-bond donors (Lipinski definition) is 1. The Morgan fingerprint density at radius 3 is 2.23 bits per heavy atom. The Morgan fingerprint density at radius 2 is 1.60 bits per heavy atom. The number of aryl methyl sites for hydroxylation is 2. The van der Waals surface area contributed by atoms with E-state index in [1.165, 1.54) is 0 Å². The number of ketones is 1. The van der Waals surface area contributed by atoms with Crippen LogP contribution in [-0.2, 0) is 9.59 Å². The molecule has 208 valence electrons. The second-order valence-corrected chi connectivity index (χ2v) is 12.6. The molecule has 1 N–H and O–H groups in total. The molecule has 3 aromatic rings. The van der Waals surface area contributed by atoms with E-state index >= 15 is 0 Å². The number of rotatable bonds is 6. The highest BCUT2D eigenvalue weighted by atomic mass is 35.5. The molecule has 1 aliphatic carbocycles. The van der Waals surface area contributed by atoms with Crippen LogP contribution in [0.1, 0.15) is 56.7 Å². The van der Waals surface area contributed by atoms with Gasteiger partial charge in [0, 0.05) is 53.5 Å². The molecule has 6 rings (SSSR count). The number of likely N-dealkylation sites (tertiary alicyclic amines) is 1. The molecule has 0 spiro atoms. The van der Waals surface area contributed by atoms with E-state index in [-0.39, 0.29) is 23.5 Å². The summed E-state index contributed by atoms with van der Waals surface area (Å²) in [6.45, 7) is 6.57. The third kappa shape index (κ3) is 4.89. The number of carbonyl (C=O) groups excluding carboxylic acids is 3. The van der Waals surface area contributed by atoms with Crippen LogP contribution in [0, 0.1) is 25.7 Å². The van der Waals surface area contributed by atoms with Gasteiger partial charge in [-0.2, -0.15) is 0 Å². The van der Waals surface area contributed by atoms with E-state index in [2.05, 4.69) is 5.32 Å². The molecule has 2 saturated heterocycles. The molecule has 2 aliphatic heterocycles. The van der Waals surface area contributed by atoms with E-state index < -0.39 is 23.9 Å². The summed E-state index contributed by atoms with van der Waals surface area (Å²) in [5.74, 6) is -1.30. The van der Waals surface area contributed by atoms with Gasteiger partial charge in [0.2, 0.25) is 11.8 Å². The lowest BCUT2D eigenvalue weighted by atomic mass is 9.77. The van der Waals surface area contributed by atoms with Crippen LogP contribution in [0.15, 0.2) is 60.0 Å². The maximum Gasteiger partial charge on any atom is 0.246 e. The first-order valence-electron chi connectivity index (χ1n) is 14.1. The van der Waals surface area contributed by atoms with Crippen molar-refractivity contribution < 1.29 is 14.4 Å². The summed E-state index contributed by atoms with van der Waals surface area (Å²) in [4.78, 5) is 48.2. The summed E-state index contributed by atoms with van der Waals surface area (Å²) in [6.07, 6.45) is 1.63. The van der Waals surface area contributed by atoms with E-state index in [1.54, 1.807) is 11.3 Å². The molecule has 4 atom stereocenters. The second-order valence-electron chi connectivity index (χ2n) is 11.2. The molecule has 6 nitrogen and oxygen atoms in total. The van der Waals surface area contributed by atoms with Crippen molar-refractivity contribution in [1.29, 1.82) is 0 Å². The molecule has 3 heterocycles. The molecule has 3 aliphatic rings. The van der Waals surface area contributed by atoms with Crippen molar-refractivity contribution in [2.45, 2.75) is 44.7 Å². The fourth-order valence-corrected chi connectivity index (χ4v) is 7.70. The molecule has 8 heteroatoms. The van der Waals surface area contributed by atoms with E-state index in [1.807, 2.05) is 83.6 Å². The zero-order valence-corrected chi connectivity index (χ0v) is 24.4. The van der Waals surface area contributed by atoms with Gasteiger partial charge in [-0.3, -0.25) is 14.4 Å². The highest BCUT2D eigenvalue weighted by molar-refractivity contribution is 7.10. The summed E-state index contributed by atoms with van der Waals surface area (Å²) in [6, 6.07) is 15.8. The van der Waals surface area contributed by atoms with Crippen LogP contribution in [0.5, 0.6) is 0 Å². The molecule has 1 saturated carbocycles. The van der Waals surface area contributed by atoms with E-state index in [0.717, 1.165) is 34.4 Å². The van der Waals surface area contributed by atoms with Crippen LogP contribution in [0.3, 0.4) is 0 Å². The predicted molar refractivity (Wildman–Crippen MR) is 158 cm³/mol. The number of nitrogens with one attached hydrogen (secondary N) is 1. The van der Waals surface area contributed by atoms with Gasteiger partial charge in [0.05, 0.1) is 12.0 Å². The Kier molecular flexibility index (Phi) is 7.55. The summed E-state index contributed by atoms with van der Waals surface area (Å²) in [5, 5.41) is 5.93. The van der Waals surface area contributed by atoms with Crippen LogP contribution >= 0.6 is 22.9 Å². The molecule has 3 fully saturated rings. The van der Waals surface area contributed by atoms with Gasteiger partial charge < -0.3 is 15.1 Å². The van der Waals surface area contributed by atoms with Crippen LogP contribution in [0.4, 0.5) is 0 Å². The first-order chi connectivity index (χ1) is 19.4. The van der Waals surface area contributed by atoms with Crippen molar-refractivity contribution in [3.63, 3.8) is 0 Å². The number of carbonyl (C=O) groups is 3. The SMILES string of the molecule is Cc1ccccc1C(=O)C1C(c2sccc2C)C(C(=O)N2CCNCC2)N(C(=O)C2CC2)C1c1ccc(Cl)cc1. The number of halogens is 1. The van der Waals surface area contributed by atoms with Crippen molar-refractivity contribution in [2.24, 2.45) is 11.8 Å². The Bertz CT molecular complexity index is 1430. The molecule has 2 aromatic carbocycles. The molecular formula is C32H34ClN3O3S. The summed E-state index contributed by atoms with van der Waals surface area (Å²) in [5.41, 5.74) is 3.41. The van der Waals surface area contributed by atoms with Gasteiger partial charge in [-0.1, -0.05) is 48.0 Å². The van der Waals surface area contributed by atoms with Gasteiger partial charge in [-0.05, 0) is 67.0 Å². The van der Waals surface area contributed by atoms with Gasteiger partial charge in [-0.25, -0.2) is 0 Å². The smallest absolute Gasteiger partial charge is 0.246 e. The fourth-order valence-electron chi connectivity index (χ4n) is 6.47. The van der Waals surface area contributed by atoms with Gasteiger partial charge in [-0.15, -0.1) is 11.3 Å². The van der Waals surface area contributed by atoms with Crippen LogP contribution in [-0.4, -0.2) is 59.6 Å². The Hall–Kier alpha value is -3.00. The average Bonchev–Trinajstić information content (AvgIpc) is 3.65. The first-order valence-corrected chi connectivity index (χ1v) is 15.3. The van der Waals surface area contributed by atoms with Crippen molar-refractivity contribution in [1.82, 2.24) is 15.1 Å². The predicted octanol–water partition coefficient (Wildman–Crippen LogP) is 5.39. The highest BCUT2D eigenvalue weighted by Crippen LogP contribution is 2.55. The molecule has 1 aromatic heterocycles. The number of thiophene rings is 1. The largest absolute Gasteiger partial charge is 0.338 e. The van der Waals surface area contributed by atoms with Crippen molar-refractivity contribution in [3.8, 4) is 0 Å². The third-order valence-corrected chi connectivity index (χ3v) is 10.0.